The number of carbonyl (C=O) groups excluding carboxylic acids is 1. The van der Waals surface area contributed by atoms with E-state index >= 15 is 0 Å². The number of hydrogen-bond acceptors (Lipinski definition) is 7. The maximum atomic E-state index is 13.3. The van der Waals surface area contributed by atoms with Gasteiger partial charge in [-0.05, 0) is 68.8 Å². The van der Waals surface area contributed by atoms with Crippen LogP contribution in [-0.2, 0) is 14.6 Å². The number of aryl methyl sites for hydroxylation is 2. The molecule has 0 aliphatic heterocycles. The standard InChI is InChI=1S/C26H35N3O4S2/c1-6-28(7-2)16-17-29(26-27-24-19(3)10-11-20(4)25(24)34-26)23(30)9-8-18-35(31,32)22-14-12-21(33-5)13-15-22/h10-15H,6-9,16-18H2,1-5H3. The molecular weight excluding hydrogens is 482 g/mol. The van der Waals surface area contributed by atoms with Gasteiger partial charge in [0.1, 0.15) is 5.75 Å². The molecule has 190 valence electrons. The first-order valence-corrected chi connectivity index (χ1v) is 14.4. The molecule has 1 heterocycles. The number of thiazole rings is 1. The number of amides is 1. The Kier molecular flexibility index (Phi) is 9.27. The number of ether oxygens (including phenoxy) is 1. The summed E-state index contributed by atoms with van der Waals surface area (Å²) in [4.78, 5) is 22.4. The second-order valence-corrected chi connectivity index (χ2v) is 11.6. The average molecular weight is 518 g/mol. The molecule has 0 saturated carbocycles. The van der Waals surface area contributed by atoms with E-state index in [0.717, 1.165) is 41.0 Å². The lowest BCUT2D eigenvalue weighted by atomic mass is 10.1. The number of benzene rings is 2. The van der Waals surface area contributed by atoms with Gasteiger partial charge < -0.3 is 9.64 Å². The Morgan fingerprint density at radius 1 is 1.00 bits per heavy atom. The third-order valence-corrected chi connectivity index (χ3v) is 9.25. The van der Waals surface area contributed by atoms with Crippen molar-refractivity contribution in [3.8, 4) is 5.75 Å². The molecule has 0 fully saturated rings. The lowest BCUT2D eigenvalue weighted by Gasteiger charge is -2.24. The van der Waals surface area contributed by atoms with Crippen molar-refractivity contribution in [3.63, 3.8) is 0 Å². The number of fused-ring (bicyclic) bond motifs is 1. The Balaban J connectivity index is 1.76. The van der Waals surface area contributed by atoms with Crippen LogP contribution in [0.25, 0.3) is 10.2 Å². The molecular formula is C26H35N3O4S2. The molecule has 0 bridgehead atoms. The third kappa shape index (κ3) is 6.59. The number of methoxy groups -OCH3 is 1. The van der Waals surface area contributed by atoms with Gasteiger partial charge in [0.2, 0.25) is 5.91 Å². The molecule has 0 atom stereocenters. The van der Waals surface area contributed by atoms with Crippen molar-refractivity contribution in [1.82, 2.24) is 9.88 Å². The summed E-state index contributed by atoms with van der Waals surface area (Å²) in [6.07, 6.45) is 0.388. The van der Waals surface area contributed by atoms with E-state index in [-0.39, 0.29) is 29.4 Å². The second kappa shape index (κ2) is 12.0. The molecule has 0 N–H and O–H groups in total. The zero-order valence-corrected chi connectivity index (χ0v) is 22.8. The number of carbonyl (C=O) groups is 1. The highest BCUT2D eigenvalue weighted by Gasteiger charge is 2.23. The normalized spacial score (nSPS) is 11.8. The van der Waals surface area contributed by atoms with Gasteiger partial charge in [-0.1, -0.05) is 37.3 Å². The Labute approximate surface area is 212 Å². The van der Waals surface area contributed by atoms with Crippen LogP contribution in [-0.4, -0.2) is 63.3 Å². The van der Waals surface area contributed by atoms with Crippen LogP contribution in [0.2, 0.25) is 0 Å². The fourth-order valence-electron chi connectivity index (χ4n) is 3.92. The smallest absolute Gasteiger partial charge is 0.228 e. The Hall–Kier alpha value is -2.49. The van der Waals surface area contributed by atoms with Crippen LogP contribution in [0.15, 0.2) is 41.3 Å². The van der Waals surface area contributed by atoms with E-state index in [4.69, 9.17) is 9.72 Å². The molecule has 0 radical (unpaired) electrons. The predicted molar refractivity (Wildman–Crippen MR) is 144 cm³/mol. The van der Waals surface area contributed by atoms with Gasteiger partial charge in [0.25, 0.3) is 0 Å². The molecule has 0 spiro atoms. The Bertz CT molecular complexity index is 1210. The maximum absolute atomic E-state index is 13.3. The highest BCUT2D eigenvalue weighted by Crippen LogP contribution is 2.33. The SMILES string of the molecule is CCN(CC)CCN(C(=O)CCCS(=O)(=O)c1ccc(OC)cc1)c1nc2c(C)ccc(C)c2s1. The molecule has 2 aromatic carbocycles. The van der Waals surface area contributed by atoms with Gasteiger partial charge in [0.05, 0.1) is 28.0 Å². The van der Waals surface area contributed by atoms with E-state index in [1.165, 1.54) is 30.6 Å². The largest absolute Gasteiger partial charge is 0.497 e. The van der Waals surface area contributed by atoms with Crippen molar-refractivity contribution in [2.24, 2.45) is 0 Å². The van der Waals surface area contributed by atoms with Crippen LogP contribution in [0.4, 0.5) is 5.13 Å². The summed E-state index contributed by atoms with van der Waals surface area (Å²) in [6.45, 7) is 11.3. The molecule has 1 aromatic heterocycles. The van der Waals surface area contributed by atoms with Crippen molar-refractivity contribution in [1.29, 1.82) is 0 Å². The molecule has 0 aliphatic rings. The first-order chi connectivity index (χ1) is 16.7. The summed E-state index contributed by atoms with van der Waals surface area (Å²) < 4.78 is 31.7. The van der Waals surface area contributed by atoms with Crippen LogP contribution in [0.5, 0.6) is 5.75 Å². The molecule has 9 heteroatoms. The highest BCUT2D eigenvalue weighted by atomic mass is 32.2. The fourth-order valence-corrected chi connectivity index (χ4v) is 6.39. The van der Waals surface area contributed by atoms with Crippen molar-refractivity contribution >= 4 is 42.4 Å². The highest BCUT2D eigenvalue weighted by molar-refractivity contribution is 7.91. The maximum Gasteiger partial charge on any atom is 0.228 e. The molecule has 7 nitrogen and oxygen atoms in total. The Morgan fingerprint density at radius 2 is 1.66 bits per heavy atom. The van der Waals surface area contributed by atoms with Gasteiger partial charge in [-0.3, -0.25) is 9.69 Å². The lowest BCUT2D eigenvalue weighted by molar-refractivity contribution is -0.118. The van der Waals surface area contributed by atoms with E-state index in [1.54, 1.807) is 17.0 Å². The van der Waals surface area contributed by atoms with Crippen LogP contribution in [0.1, 0.15) is 37.8 Å². The number of likely N-dealkylation sites (N-methyl/N-ethyl adjacent to an activating group) is 1. The monoisotopic (exact) mass is 517 g/mol. The number of anilines is 1. The minimum Gasteiger partial charge on any atom is -0.497 e. The van der Waals surface area contributed by atoms with Gasteiger partial charge in [0, 0.05) is 19.5 Å². The van der Waals surface area contributed by atoms with Crippen molar-refractivity contribution in [2.75, 3.05) is 43.9 Å². The molecule has 1 amide bonds. The van der Waals surface area contributed by atoms with E-state index in [2.05, 4.69) is 31.7 Å². The van der Waals surface area contributed by atoms with Crippen molar-refractivity contribution in [3.05, 3.63) is 47.5 Å². The van der Waals surface area contributed by atoms with Crippen LogP contribution < -0.4 is 9.64 Å². The zero-order chi connectivity index (χ0) is 25.6. The molecule has 3 rings (SSSR count). The number of rotatable bonds is 12. The van der Waals surface area contributed by atoms with Gasteiger partial charge in [0.15, 0.2) is 15.0 Å². The number of nitrogens with zero attached hydrogens (tertiary/aromatic N) is 3. The first-order valence-electron chi connectivity index (χ1n) is 12.0. The van der Waals surface area contributed by atoms with Gasteiger partial charge in [-0.25, -0.2) is 13.4 Å². The number of aromatic nitrogens is 1. The zero-order valence-electron chi connectivity index (χ0n) is 21.2. The molecule has 35 heavy (non-hydrogen) atoms. The van der Waals surface area contributed by atoms with Gasteiger partial charge in [-0.2, -0.15) is 0 Å². The number of sulfone groups is 1. The summed E-state index contributed by atoms with van der Waals surface area (Å²) in [5.74, 6) is 0.410. The minimum atomic E-state index is -3.48. The fraction of sp³-hybridized carbons (Fsp3) is 0.462. The average Bonchev–Trinajstić information content (AvgIpc) is 3.30. The quantitative estimate of drug-likeness (QED) is 0.342. The van der Waals surface area contributed by atoms with E-state index in [0.29, 0.717) is 17.4 Å². The van der Waals surface area contributed by atoms with Crippen LogP contribution >= 0.6 is 11.3 Å². The predicted octanol–water partition coefficient (Wildman–Crippen LogP) is 4.85. The summed E-state index contributed by atoms with van der Waals surface area (Å²) in [7, 11) is -1.95. The van der Waals surface area contributed by atoms with Gasteiger partial charge in [-0.15, -0.1) is 0 Å². The molecule has 3 aromatic rings. The summed E-state index contributed by atoms with van der Waals surface area (Å²) in [5.41, 5.74) is 3.14. The van der Waals surface area contributed by atoms with E-state index in [1.807, 2.05) is 13.0 Å². The van der Waals surface area contributed by atoms with Crippen LogP contribution in [0, 0.1) is 13.8 Å². The lowest BCUT2D eigenvalue weighted by Crippen LogP contribution is -2.38. The van der Waals surface area contributed by atoms with E-state index < -0.39 is 9.84 Å². The summed E-state index contributed by atoms with van der Waals surface area (Å²) in [6, 6.07) is 10.5. The van der Waals surface area contributed by atoms with Crippen molar-refractivity contribution < 1.29 is 17.9 Å². The summed E-state index contributed by atoms with van der Waals surface area (Å²) >= 11 is 1.53. The summed E-state index contributed by atoms with van der Waals surface area (Å²) in [5, 5.41) is 0.674. The molecule has 0 unspecified atom stereocenters. The van der Waals surface area contributed by atoms with Gasteiger partial charge >= 0.3 is 0 Å². The molecule has 0 aliphatic carbocycles. The Morgan fingerprint density at radius 3 is 2.26 bits per heavy atom. The third-order valence-electron chi connectivity index (χ3n) is 6.22. The topological polar surface area (TPSA) is 79.8 Å². The van der Waals surface area contributed by atoms with Crippen LogP contribution in [0.3, 0.4) is 0 Å². The number of hydrogen-bond donors (Lipinski definition) is 0. The van der Waals surface area contributed by atoms with E-state index in [9.17, 15) is 13.2 Å². The minimum absolute atomic E-state index is 0.0903. The first kappa shape index (κ1) is 27.1. The molecule has 0 saturated heterocycles. The van der Waals surface area contributed by atoms with Crippen molar-refractivity contribution in [2.45, 2.75) is 45.4 Å². The second-order valence-electron chi connectivity index (χ2n) is 8.54.